The van der Waals surface area contributed by atoms with E-state index in [2.05, 4.69) is 20.4 Å². The first-order valence-electron chi connectivity index (χ1n) is 9.17. The Bertz CT molecular complexity index is 771. The Labute approximate surface area is 147 Å². The fourth-order valence-corrected chi connectivity index (χ4v) is 3.82. The number of piperidine rings is 1. The normalized spacial score (nSPS) is 20.2. The molecule has 1 saturated heterocycles. The van der Waals surface area contributed by atoms with Crippen LogP contribution in [0.4, 0.5) is 5.82 Å². The number of pyridine rings is 1. The predicted octanol–water partition coefficient (Wildman–Crippen LogP) is 2.66. The van der Waals surface area contributed by atoms with E-state index in [9.17, 15) is 4.79 Å². The summed E-state index contributed by atoms with van der Waals surface area (Å²) < 4.78 is 5.37. The fraction of sp³-hybridized carbons (Fsp3) is 0.526. The monoisotopic (exact) mass is 340 g/mol. The zero-order chi connectivity index (χ0) is 17.2. The number of rotatable bonds is 3. The third-order valence-electron chi connectivity index (χ3n) is 5.12. The van der Waals surface area contributed by atoms with Gasteiger partial charge < -0.3 is 14.7 Å². The van der Waals surface area contributed by atoms with E-state index >= 15 is 0 Å². The molecule has 1 atom stereocenters. The third-order valence-corrected chi connectivity index (χ3v) is 5.12. The van der Waals surface area contributed by atoms with Crippen LogP contribution in [0.3, 0.4) is 0 Å². The molecule has 1 amide bonds. The van der Waals surface area contributed by atoms with Crippen LogP contribution in [0.2, 0.25) is 0 Å². The van der Waals surface area contributed by atoms with Crippen molar-refractivity contribution in [1.82, 2.24) is 15.5 Å². The second-order valence-corrected chi connectivity index (χ2v) is 7.04. The molecule has 25 heavy (non-hydrogen) atoms. The maximum Gasteiger partial charge on any atom is 0.274 e. The lowest BCUT2D eigenvalue weighted by molar-refractivity contribution is 0.0923. The minimum Gasteiger partial charge on any atom is -0.360 e. The van der Waals surface area contributed by atoms with Crippen molar-refractivity contribution in [2.45, 2.75) is 51.5 Å². The topological polar surface area (TPSA) is 71.3 Å². The van der Waals surface area contributed by atoms with Crippen LogP contribution in [0.15, 0.2) is 22.7 Å². The molecule has 0 spiro atoms. The maximum atomic E-state index is 12.7. The van der Waals surface area contributed by atoms with Crippen molar-refractivity contribution >= 4 is 11.7 Å². The molecule has 2 aliphatic rings. The van der Waals surface area contributed by atoms with Gasteiger partial charge in [0, 0.05) is 36.8 Å². The van der Waals surface area contributed by atoms with Gasteiger partial charge in [-0.25, -0.2) is 4.98 Å². The highest BCUT2D eigenvalue weighted by molar-refractivity contribution is 5.94. The van der Waals surface area contributed by atoms with Crippen LogP contribution in [0.5, 0.6) is 0 Å². The summed E-state index contributed by atoms with van der Waals surface area (Å²) in [5.74, 6) is 1.78. The van der Waals surface area contributed by atoms with E-state index < -0.39 is 0 Å². The zero-order valence-corrected chi connectivity index (χ0v) is 14.6. The van der Waals surface area contributed by atoms with Gasteiger partial charge in [-0.2, -0.15) is 0 Å². The number of carbonyl (C=O) groups is 1. The molecule has 2 aromatic heterocycles. The highest BCUT2D eigenvalue weighted by Gasteiger charge is 2.27. The fourth-order valence-electron chi connectivity index (χ4n) is 3.82. The minimum atomic E-state index is -0.101. The van der Waals surface area contributed by atoms with Crippen molar-refractivity contribution in [2.75, 3.05) is 18.0 Å². The number of aromatic nitrogens is 2. The molecule has 0 aromatic carbocycles. The van der Waals surface area contributed by atoms with Gasteiger partial charge in [-0.05, 0) is 51.2 Å². The number of aryl methyl sites for hydroxylation is 2. The predicted molar refractivity (Wildman–Crippen MR) is 94.8 cm³/mol. The molecule has 0 bridgehead atoms. The molecule has 1 fully saturated rings. The lowest BCUT2D eigenvalue weighted by Crippen LogP contribution is -2.48. The highest BCUT2D eigenvalue weighted by atomic mass is 16.5. The summed E-state index contributed by atoms with van der Waals surface area (Å²) in [6.07, 6.45) is 6.03. The van der Waals surface area contributed by atoms with E-state index in [1.54, 1.807) is 0 Å². The van der Waals surface area contributed by atoms with Crippen LogP contribution in [-0.2, 0) is 12.8 Å². The van der Waals surface area contributed by atoms with E-state index in [-0.39, 0.29) is 11.9 Å². The largest absolute Gasteiger partial charge is 0.360 e. The lowest BCUT2D eigenvalue weighted by Gasteiger charge is -2.34. The van der Waals surface area contributed by atoms with Crippen molar-refractivity contribution < 1.29 is 9.32 Å². The van der Waals surface area contributed by atoms with Crippen LogP contribution in [0.25, 0.3) is 0 Å². The highest BCUT2D eigenvalue weighted by Crippen LogP contribution is 2.24. The smallest absolute Gasteiger partial charge is 0.274 e. The molecule has 6 nitrogen and oxygen atoms in total. The first-order chi connectivity index (χ1) is 12.2. The van der Waals surface area contributed by atoms with Crippen molar-refractivity contribution in [2.24, 2.45) is 0 Å². The molecule has 0 unspecified atom stereocenters. The van der Waals surface area contributed by atoms with E-state index in [4.69, 9.17) is 4.52 Å². The van der Waals surface area contributed by atoms with Gasteiger partial charge in [0.25, 0.3) is 5.91 Å². The van der Waals surface area contributed by atoms with Gasteiger partial charge in [0.15, 0.2) is 5.69 Å². The number of nitrogens with one attached hydrogen (secondary N) is 1. The summed E-state index contributed by atoms with van der Waals surface area (Å²) in [6.45, 7) is 3.75. The summed E-state index contributed by atoms with van der Waals surface area (Å²) in [7, 11) is 0. The summed E-state index contributed by atoms with van der Waals surface area (Å²) >= 11 is 0. The third kappa shape index (κ3) is 3.38. The van der Waals surface area contributed by atoms with Gasteiger partial charge in [0.05, 0.1) is 0 Å². The summed E-state index contributed by atoms with van der Waals surface area (Å²) in [6, 6.07) is 6.17. The minimum absolute atomic E-state index is 0.101. The van der Waals surface area contributed by atoms with Crippen molar-refractivity contribution in [3.8, 4) is 0 Å². The van der Waals surface area contributed by atoms with Gasteiger partial charge in [-0.3, -0.25) is 4.79 Å². The van der Waals surface area contributed by atoms with Gasteiger partial charge in [-0.15, -0.1) is 0 Å². The Morgan fingerprint density at radius 1 is 1.28 bits per heavy atom. The molecule has 6 heteroatoms. The Morgan fingerprint density at radius 3 is 3.04 bits per heavy atom. The lowest BCUT2D eigenvalue weighted by atomic mass is 9.96. The molecular formula is C19H24N4O2. The van der Waals surface area contributed by atoms with Crippen molar-refractivity contribution in [1.29, 1.82) is 0 Å². The summed E-state index contributed by atoms with van der Waals surface area (Å²) in [5, 5.41) is 7.19. The van der Waals surface area contributed by atoms with E-state index in [0.717, 1.165) is 74.4 Å². The Balaban J connectivity index is 1.44. The maximum absolute atomic E-state index is 12.7. The second-order valence-electron chi connectivity index (χ2n) is 7.04. The van der Waals surface area contributed by atoms with Crippen LogP contribution in [-0.4, -0.2) is 35.2 Å². The van der Waals surface area contributed by atoms with Gasteiger partial charge >= 0.3 is 0 Å². The van der Waals surface area contributed by atoms with Crippen LogP contribution < -0.4 is 10.2 Å². The molecule has 1 aliphatic heterocycles. The number of fused-ring (bicyclic) bond motifs is 1. The first kappa shape index (κ1) is 16.1. The van der Waals surface area contributed by atoms with Crippen molar-refractivity contribution in [3.05, 3.63) is 40.9 Å². The Hall–Kier alpha value is -2.37. The molecule has 1 N–H and O–H groups in total. The van der Waals surface area contributed by atoms with Crippen LogP contribution in [0.1, 0.15) is 53.2 Å². The number of hydrogen-bond donors (Lipinski definition) is 1. The summed E-state index contributed by atoms with van der Waals surface area (Å²) in [4.78, 5) is 19.5. The summed E-state index contributed by atoms with van der Waals surface area (Å²) in [5.41, 5.74) is 2.51. The van der Waals surface area contributed by atoms with E-state index in [1.807, 2.05) is 25.1 Å². The molecule has 3 heterocycles. The standard InChI is InChI=1S/C19H24N4O2/c1-13-6-4-10-17(20-13)23-11-5-7-14(12-23)21-19(24)18-15-8-2-3-9-16(15)25-22-18/h4,6,10,14H,2-3,5,7-9,11-12H2,1H3,(H,21,24)/t14-/m0/s1. The van der Waals surface area contributed by atoms with Crippen LogP contribution >= 0.6 is 0 Å². The number of anilines is 1. The number of amides is 1. The number of nitrogens with zero attached hydrogens (tertiary/aromatic N) is 3. The molecule has 132 valence electrons. The van der Waals surface area contributed by atoms with Gasteiger partial charge in [0.2, 0.25) is 0 Å². The average molecular weight is 340 g/mol. The molecule has 0 radical (unpaired) electrons. The first-order valence-corrected chi connectivity index (χ1v) is 9.17. The molecule has 2 aromatic rings. The number of hydrogen-bond acceptors (Lipinski definition) is 5. The molecule has 4 rings (SSSR count). The van der Waals surface area contributed by atoms with Crippen LogP contribution in [0, 0.1) is 6.92 Å². The molecule has 0 saturated carbocycles. The van der Waals surface area contributed by atoms with E-state index in [1.165, 1.54) is 0 Å². The molecular weight excluding hydrogens is 316 g/mol. The Morgan fingerprint density at radius 2 is 2.16 bits per heavy atom. The van der Waals surface area contributed by atoms with Gasteiger partial charge in [-0.1, -0.05) is 11.2 Å². The molecule has 1 aliphatic carbocycles. The SMILES string of the molecule is Cc1cccc(N2CCC[C@H](NC(=O)c3noc4c3CCCC4)C2)n1. The average Bonchev–Trinajstić information content (AvgIpc) is 3.06. The number of carbonyl (C=O) groups excluding carboxylic acids is 1. The quantitative estimate of drug-likeness (QED) is 0.930. The zero-order valence-electron chi connectivity index (χ0n) is 14.6. The van der Waals surface area contributed by atoms with Crippen molar-refractivity contribution in [3.63, 3.8) is 0 Å². The Kier molecular flexibility index (Phi) is 4.42. The second kappa shape index (κ2) is 6.86. The van der Waals surface area contributed by atoms with E-state index in [0.29, 0.717) is 5.69 Å². The van der Waals surface area contributed by atoms with Gasteiger partial charge in [0.1, 0.15) is 11.6 Å².